The maximum absolute atomic E-state index is 12.7. The predicted molar refractivity (Wildman–Crippen MR) is 74.4 cm³/mol. The molecule has 0 radical (unpaired) electrons. The van der Waals surface area contributed by atoms with Crippen molar-refractivity contribution in [3.05, 3.63) is 42.0 Å². The van der Waals surface area contributed by atoms with Crippen LogP contribution in [0, 0.1) is 6.92 Å². The Morgan fingerprint density at radius 2 is 2.00 bits per heavy atom. The number of nitrogens with two attached hydrogens (primary N) is 1. The molecule has 21 heavy (non-hydrogen) atoms. The molecular formula is C14H12F2N4O. The van der Waals surface area contributed by atoms with Crippen LogP contribution in [0.2, 0.25) is 0 Å². The minimum atomic E-state index is -2.72. The standard InChI is InChI=1S/C14H12F2N4O/c1-8-6-9(17)2-5-13(8)21-10-3-4-12-11(7-10)18-19-20(12)14(15)16/h2-7,14H,17H2,1H3. The van der Waals surface area contributed by atoms with E-state index in [-0.39, 0.29) is 5.52 Å². The van der Waals surface area contributed by atoms with Crippen molar-refractivity contribution in [2.45, 2.75) is 13.5 Å². The summed E-state index contributed by atoms with van der Waals surface area (Å²) in [5.41, 5.74) is 7.81. The highest BCUT2D eigenvalue weighted by molar-refractivity contribution is 5.76. The van der Waals surface area contributed by atoms with Gasteiger partial charge in [0.05, 0.1) is 5.52 Å². The molecule has 0 aliphatic heterocycles. The van der Waals surface area contributed by atoms with Gasteiger partial charge in [0.1, 0.15) is 17.0 Å². The number of benzene rings is 2. The molecule has 7 heteroatoms. The maximum atomic E-state index is 12.7. The fourth-order valence-electron chi connectivity index (χ4n) is 2.04. The van der Waals surface area contributed by atoms with E-state index in [4.69, 9.17) is 10.5 Å². The number of aromatic nitrogens is 3. The largest absolute Gasteiger partial charge is 0.457 e. The Labute approximate surface area is 118 Å². The van der Waals surface area contributed by atoms with Crippen molar-refractivity contribution in [3.63, 3.8) is 0 Å². The van der Waals surface area contributed by atoms with E-state index in [0.29, 0.717) is 27.4 Å². The van der Waals surface area contributed by atoms with Crippen LogP contribution in [-0.2, 0) is 0 Å². The molecule has 2 N–H and O–H groups in total. The molecule has 0 aliphatic rings. The number of nitrogens with zero attached hydrogens (tertiary/aromatic N) is 3. The Bertz CT molecular complexity index is 801. The summed E-state index contributed by atoms with van der Waals surface area (Å²) in [6, 6.07) is 9.95. The molecule has 3 rings (SSSR count). The second kappa shape index (κ2) is 5.01. The number of fused-ring (bicyclic) bond motifs is 1. The minimum Gasteiger partial charge on any atom is -0.457 e. The third-order valence-corrected chi connectivity index (χ3v) is 3.05. The van der Waals surface area contributed by atoms with Gasteiger partial charge in [0.25, 0.3) is 0 Å². The van der Waals surface area contributed by atoms with Crippen molar-refractivity contribution in [1.29, 1.82) is 0 Å². The average Bonchev–Trinajstić information content (AvgIpc) is 2.85. The molecule has 108 valence electrons. The van der Waals surface area contributed by atoms with Crippen molar-refractivity contribution >= 4 is 16.7 Å². The first-order chi connectivity index (χ1) is 10.0. The molecule has 3 aromatic rings. The van der Waals surface area contributed by atoms with E-state index in [1.165, 1.54) is 6.07 Å². The smallest absolute Gasteiger partial charge is 0.335 e. The Hall–Kier alpha value is -2.70. The lowest BCUT2D eigenvalue weighted by Gasteiger charge is -2.09. The molecule has 1 heterocycles. The number of hydrogen-bond donors (Lipinski definition) is 1. The number of alkyl halides is 2. The highest BCUT2D eigenvalue weighted by atomic mass is 19.3. The zero-order valence-electron chi connectivity index (χ0n) is 11.1. The van der Waals surface area contributed by atoms with Crippen LogP contribution in [0.5, 0.6) is 11.5 Å². The van der Waals surface area contributed by atoms with E-state index in [0.717, 1.165) is 5.56 Å². The highest BCUT2D eigenvalue weighted by Gasteiger charge is 2.13. The third-order valence-electron chi connectivity index (χ3n) is 3.05. The number of anilines is 1. The third kappa shape index (κ3) is 2.49. The van der Waals surface area contributed by atoms with Gasteiger partial charge in [-0.15, -0.1) is 5.10 Å². The van der Waals surface area contributed by atoms with Crippen LogP contribution in [0.15, 0.2) is 36.4 Å². The van der Waals surface area contributed by atoms with Crippen molar-refractivity contribution in [2.75, 3.05) is 5.73 Å². The number of ether oxygens (including phenoxy) is 1. The van der Waals surface area contributed by atoms with Crippen molar-refractivity contribution in [3.8, 4) is 11.5 Å². The van der Waals surface area contributed by atoms with E-state index in [9.17, 15) is 8.78 Å². The monoisotopic (exact) mass is 290 g/mol. The van der Waals surface area contributed by atoms with Crippen molar-refractivity contribution in [1.82, 2.24) is 15.0 Å². The predicted octanol–water partition coefficient (Wildman–Crippen LogP) is 3.51. The summed E-state index contributed by atoms with van der Waals surface area (Å²) in [5, 5.41) is 7.13. The zero-order chi connectivity index (χ0) is 15.0. The van der Waals surface area contributed by atoms with Gasteiger partial charge < -0.3 is 10.5 Å². The molecule has 2 aromatic carbocycles. The molecule has 0 spiro atoms. The van der Waals surface area contributed by atoms with Crippen LogP contribution in [0.25, 0.3) is 11.0 Å². The molecule has 0 bridgehead atoms. The van der Waals surface area contributed by atoms with E-state index >= 15 is 0 Å². The van der Waals surface area contributed by atoms with Crippen LogP contribution in [0.4, 0.5) is 14.5 Å². The van der Waals surface area contributed by atoms with Gasteiger partial charge in [-0.3, -0.25) is 0 Å². The molecule has 0 saturated heterocycles. The Kier molecular flexibility index (Phi) is 3.17. The first kappa shape index (κ1) is 13.3. The molecule has 0 saturated carbocycles. The van der Waals surface area contributed by atoms with Crippen LogP contribution >= 0.6 is 0 Å². The number of halogens is 2. The lowest BCUT2D eigenvalue weighted by Crippen LogP contribution is -1.99. The van der Waals surface area contributed by atoms with Gasteiger partial charge in [0.2, 0.25) is 0 Å². The number of rotatable bonds is 3. The van der Waals surface area contributed by atoms with E-state index in [1.54, 1.807) is 30.3 Å². The molecule has 1 aromatic heterocycles. The average molecular weight is 290 g/mol. The Morgan fingerprint density at radius 1 is 1.19 bits per heavy atom. The zero-order valence-corrected chi connectivity index (χ0v) is 11.1. The maximum Gasteiger partial charge on any atom is 0.335 e. The van der Waals surface area contributed by atoms with Crippen LogP contribution in [0.3, 0.4) is 0 Å². The summed E-state index contributed by atoms with van der Waals surface area (Å²) < 4.78 is 31.7. The molecule has 0 aliphatic carbocycles. The summed E-state index contributed by atoms with van der Waals surface area (Å²) in [4.78, 5) is 0. The minimum absolute atomic E-state index is 0.256. The van der Waals surface area contributed by atoms with E-state index in [1.807, 2.05) is 6.92 Å². The topological polar surface area (TPSA) is 66.0 Å². The van der Waals surface area contributed by atoms with Crippen molar-refractivity contribution in [2.24, 2.45) is 0 Å². The molecule has 5 nitrogen and oxygen atoms in total. The SMILES string of the molecule is Cc1cc(N)ccc1Oc1ccc2c(c1)nnn2C(F)F. The number of nitrogen functional groups attached to an aromatic ring is 1. The first-order valence-corrected chi connectivity index (χ1v) is 6.21. The first-order valence-electron chi connectivity index (χ1n) is 6.21. The Morgan fingerprint density at radius 3 is 2.71 bits per heavy atom. The van der Waals surface area contributed by atoms with Crippen molar-refractivity contribution < 1.29 is 13.5 Å². The lowest BCUT2D eigenvalue weighted by atomic mass is 10.2. The van der Waals surface area contributed by atoms with Gasteiger partial charge >= 0.3 is 6.55 Å². The quantitative estimate of drug-likeness (QED) is 0.750. The highest BCUT2D eigenvalue weighted by Crippen LogP contribution is 2.29. The summed E-state index contributed by atoms with van der Waals surface area (Å²) in [5.74, 6) is 1.14. The van der Waals surface area contributed by atoms with Gasteiger partial charge in [-0.05, 0) is 42.8 Å². The fourth-order valence-corrected chi connectivity index (χ4v) is 2.04. The summed E-state index contributed by atoms with van der Waals surface area (Å²) in [6.45, 7) is -0.849. The number of hydrogen-bond acceptors (Lipinski definition) is 4. The van der Waals surface area contributed by atoms with Gasteiger partial charge in [-0.1, -0.05) is 5.21 Å². The van der Waals surface area contributed by atoms with Crippen LogP contribution in [0.1, 0.15) is 12.1 Å². The van der Waals surface area contributed by atoms with Gasteiger partial charge in [-0.25, -0.2) is 0 Å². The summed E-state index contributed by atoms with van der Waals surface area (Å²) in [6.07, 6.45) is 0. The molecule has 0 unspecified atom stereocenters. The van der Waals surface area contributed by atoms with E-state index in [2.05, 4.69) is 10.3 Å². The summed E-state index contributed by atoms with van der Waals surface area (Å²) >= 11 is 0. The number of aryl methyl sites for hydroxylation is 1. The second-order valence-electron chi connectivity index (χ2n) is 4.59. The molecule has 0 atom stereocenters. The van der Waals surface area contributed by atoms with Gasteiger partial charge in [0.15, 0.2) is 0 Å². The van der Waals surface area contributed by atoms with E-state index < -0.39 is 6.55 Å². The normalized spacial score (nSPS) is 11.2. The lowest BCUT2D eigenvalue weighted by molar-refractivity contribution is 0.0593. The van der Waals surface area contributed by atoms with Crippen LogP contribution in [-0.4, -0.2) is 15.0 Å². The van der Waals surface area contributed by atoms with Crippen LogP contribution < -0.4 is 10.5 Å². The Balaban J connectivity index is 1.94. The van der Waals surface area contributed by atoms with Gasteiger partial charge in [0, 0.05) is 11.8 Å². The van der Waals surface area contributed by atoms with Gasteiger partial charge in [-0.2, -0.15) is 13.5 Å². The molecular weight excluding hydrogens is 278 g/mol. The summed E-state index contributed by atoms with van der Waals surface area (Å²) in [7, 11) is 0. The molecule has 0 fully saturated rings. The second-order valence-corrected chi connectivity index (χ2v) is 4.59. The fraction of sp³-hybridized carbons (Fsp3) is 0.143. The molecule has 0 amide bonds.